The van der Waals surface area contributed by atoms with E-state index in [1.54, 1.807) is 0 Å². The molecule has 0 aromatic heterocycles. The van der Waals surface area contributed by atoms with Crippen LogP contribution >= 0.6 is 7.82 Å². The van der Waals surface area contributed by atoms with Gasteiger partial charge in [-0.3, -0.25) is 13.8 Å². The van der Waals surface area contributed by atoms with Crippen LogP contribution in [-0.4, -0.2) is 73.4 Å². The molecule has 1 amide bonds. The second-order valence-electron chi connectivity index (χ2n) is 23.5. The van der Waals surface area contributed by atoms with Crippen molar-refractivity contribution in [1.82, 2.24) is 5.32 Å². The molecule has 426 valence electrons. The van der Waals surface area contributed by atoms with Crippen LogP contribution in [0.15, 0.2) is 0 Å². The molecule has 3 atom stereocenters. The fourth-order valence-corrected chi connectivity index (χ4v) is 10.8. The Morgan fingerprint density at radius 2 is 0.676 bits per heavy atom. The molecule has 0 bridgehead atoms. The topological polar surface area (TPSA) is 105 Å². The average molecular weight is 1030 g/mol. The Morgan fingerprint density at radius 3 is 0.944 bits per heavy atom. The van der Waals surface area contributed by atoms with Gasteiger partial charge in [-0.2, -0.15) is 0 Å². The van der Waals surface area contributed by atoms with Crippen LogP contribution in [0.5, 0.6) is 0 Å². The number of phosphoric acid groups is 1. The monoisotopic (exact) mass is 1030 g/mol. The molecule has 0 heterocycles. The van der Waals surface area contributed by atoms with Crippen LogP contribution in [0.25, 0.3) is 0 Å². The van der Waals surface area contributed by atoms with Crippen molar-refractivity contribution in [3.63, 3.8) is 0 Å². The SMILES string of the molecule is CCCCCCCCCCCCCCCCCCCCCCCCCCCCCCC(O)C(COP(=O)(O)OCC[N+](C)(C)C)NC(=O)CCCCCCCCCCCCCCCCCCCCCCC. The zero-order valence-corrected chi connectivity index (χ0v) is 49.7. The van der Waals surface area contributed by atoms with Crippen molar-refractivity contribution < 1.29 is 32.9 Å². The fraction of sp³-hybridized carbons (Fsp3) is 0.984. The Labute approximate surface area is 444 Å². The number of hydrogen-bond acceptors (Lipinski definition) is 5. The Kier molecular flexibility index (Phi) is 53.9. The Hall–Kier alpha value is -0.500. The molecular weight excluding hydrogens is 900 g/mol. The highest BCUT2D eigenvalue weighted by Crippen LogP contribution is 2.43. The van der Waals surface area contributed by atoms with Gasteiger partial charge in [0.25, 0.3) is 0 Å². The van der Waals surface area contributed by atoms with Gasteiger partial charge in [0.05, 0.1) is 39.9 Å². The highest BCUT2D eigenvalue weighted by Gasteiger charge is 2.28. The molecule has 0 spiro atoms. The van der Waals surface area contributed by atoms with Crippen molar-refractivity contribution in [1.29, 1.82) is 0 Å². The summed E-state index contributed by atoms with van der Waals surface area (Å²) in [4.78, 5) is 23.4. The third-order valence-corrected chi connectivity index (χ3v) is 16.1. The molecule has 0 aliphatic carbocycles. The van der Waals surface area contributed by atoms with Gasteiger partial charge in [0.2, 0.25) is 5.91 Å². The predicted octanol–water partition coefficient (Wildman–Crippen LogP) is 19.6. The van der Waals surface area contributed by atoms with E-state index in [-0.39, 0.29) is 19.1 Å². The lowest BCUT2D eigenvalue weighted by Gasteiger charge is -2.26. The lowest BCUT2D eigenvalue weighted by molar-refractivity contribution is -0.870. The van der Waals surface area contributed by atoms with E-state index < -0.39 is 20.0 Å². The number of quaternary nitrogens is 1. The van der Waals surface area contributed by atoms with Gasteiger partial charge in [-0.05, 0) is 12.8 Å². The number of nitrogens with one attached hydrogen (secondary N) is 1. The minimum absolute atomic E-state index is 0.0793. The van der Waals surface area contributed by atoms with Gasteiger partial charge >= 0.3 is 7.82 Å². The smallest absolute Gasteiger partial charge is 0.391 e. The number of carbonyl (C=O) groups excluding carboxylic acids is 1. The normalized spacial score (nSPS) is 13.7. The highest BCUT2D eigenvalue weighted by molar-refractivity contribution is 7.47. The van der Waals surface area contributed by atoms with E-state index in [0.717, 1.165) is 38.5 Å². The first-order valence-corrected chi connectivity index (χ1v) is 33.4. The molecule has 0 aliphatic rings. The van der Waals surface area contributed by atoms with Crippen LogP contribution in [0.1, 0.15) is 341 Å². The Morgan fingerprint density at radius 1 is 0.423 bits per heavy atom. The average Bonchev–Trinajstić information content (AvgIpc) is 3.33. The molecule has 3 unspecified atom stereocenters. The number of unbranched alkanes of at least 4 members (excludes halogenated alkanes) is 47. The molecule has 71 heavy (non-hydrogen) atoms. The third-order valence-electron chi connectivity index (χ3n) is 15.1. The second-order valence-corrected chi connectivity index (χ2v) is 25.0. The lowest BCUT2D eigenvalue weighted by atomic mass is 10.0. The minimum Gasteiger partial charge on any atom is -0.391 e. The van der Waals surface area contributed by atoms with E-state index >= 15 is 0 Å². The standard InChI is InChI=1S/C62H127N2O6P/c1-6-8-10-12-14-16-18-20-22-24-26-28-29-30-31-32-33-34-36-37-39-41-43-45-47-49-51-53-55-61(65)60(59-70-71(67,68)69-58-57-64(3,4)5)63-62(66)56-54-52-50-48-46-44-42-40-38-35-27-25-23-21-19-17-15-13-11-9-7-2/h60-61,65H,6-59H2,1-5H3,(H-,63,66,67,68)/p+1. The minimum atomic E-state index is -4.32. The maximum absolute atomic E-state index is 13.0. The number of hydrogen-bond donors (Lipinski definition) is 3. The molecule has 0 aromatic carbocycles. The zero-order chi connectivity index (χ0) is 52.0. The van der Waals surface area contributed by atoms with E-state index in [2.05, 4.69) is 19.2 Å². The summed E-state index contributed by atoms with van der Waals surface area (Å²) < 4.78 is 23.8. The summed E-state index contributed by atoms with van der Waals surface area (Å²) in [6.45, 7) is 4.96. The van der Waals surface area contributed by atoms with Crippen molar-refractivity contribution in [2.45, 2.75) is 353 Å². The Balaban J connectivity index is 4.04. The molecule has 0 rings (SSSR count). The van der Waals surface area contributed by atoms with Crippen molar-refractivity contribution in [3.05, 3.63) is 0 Å². The van der Waals surface area contributed by atoms with Gasteiger partial charge in [-0.15, -0.1) is 0 Å². The van der Waals surface area contributed by atoms with E-state index in [1.807, 2.05) is 21.1 Å². The fourth-order valence-electron chi connectivity index (χ4n) is 10.1. The van der Waals surface area contributed by atoms with Crippen LogP contribution in [0.3, 0.4) is 0 Å². The van der Waals surface area contributed by atoms with Crippen LogP contribution in [0.4, 0.5) is 0 Å². The van der Waals surface area contributed by atoms with Crippen molar-refractivity contribution in [3.8, 4) is 0 Å². The molecule has 3 N–H and O–H groups in total. The number of likely N-dealkylation sites (N-methyl/N-ethyl adjacent to an activating group) is 1. The van der Waals surface area contributed by atoms with E-state index in [9.17, 15) is 19.4 Å². The number of amides is 1. The van der Waals surface area contributed by atoms with Gasteiger partial charge in [0, 0.05) is 6.42 Å². The molecule has 9 heteroatoms. The molecule has 8 nitrogen and oxygen atoms in total. The highest BCUT2D eigenvalue weighted by atomic mass is 31.2. The zero-order valence-electron chi connectivity index (χ0n) is 48.8. The van der Waals surface area contributed by atoms with Gasteiger partial charge < -0.3 is 19.8 Å². The number of carbonyl (C=O) groups is 1. The molecule has 0 saturated carbocycles. The summed E-state index contributed by atoms with van der Waals surface area (Å²) in [6.07, 6.45) is 66.1. The lowest BCUT2D eigenvalue weighted by Crippen LogP contribution is -2.46. The molecular formula is C62H128N2O6P+. The molecule has 0 fully saturated rings. The van der Waals surface area contributed by atoms with Gasteiger partial charge in [-0.1, -0.05) is 322 Å². The largest absolute Gasteiger partial charge is 0.472 e. The van der Waals surface area contributed by atoms with Crippen LogP contribution in [0.2, 0.25) is 0 Å². The quantitative estimate of drug-likeness (QED) is 0.0318. The summed E-state index contributed by atoms with van der Waals surface area (Å²) >= 11 is 0. The number of nitrogens with zero attached hydrogens (tertiary/aromatic N) is 1. The van der Waals surface area contributed by atoms with E-state index in [0.29, 0.717) is 23.9 Å². The first kappa shape index (κ1) is 70.5. The van der Waals surface area contributed by atoms with E-state index in [1.165, 1.54) is 276 Å². The van der Waals surface area contributed by atoms with Gasteiger partial charge in [0.15, 0.2) is 0 Å². The number of aliphatic hydroxyl groups excluding tert-OH is 1. The third kappa shape index (κ3) is 57.1. The maximum atomic E-state index is 13.0. The molecule has 0 aromatic rings. The molecule has 0 aliphatic heterocycles. The van der Waals surface area contributed by atoms with Crippen LogP contribution in [0, 0.1) is 0 Å². The van der Waals surface area contributed by atoms with E-state index in [4.69, 9.17) is 9.05 Å². The molecule has 0 saturated heterocycles. The Bertz CT molecular complexity index is 1120. The van der Waals surface area contributed by atoms with Crippen LogP contribution < -0.4 is 5.32 Å². The van der Waals surface area contributed by atoms with Gasteiger partial charge in [-0.25, -0.2) is 4.57 Å². The van der Waals surface area contributed by atoms with Gasteiger partial charge in [0.1, 0.15) is 13.2 Å². The number of aliphatic hydroxyl groups is 1. The molecule has 0 radical (unpaired) electrons. The summed E-state index contributed by atoms with van der Waals surface area (Å²) in [7, 11) is 1.64. The maximum Gasteiger partial charge on any atom is 0.472 e. The first-order valence-electron chi connectivity index (χ1n) is 31.9. The summed E-state index contributed by atoms with van der Waals surface area (Å²) in [5.41, 5.74) is 0. The summed E-state index contributed by atoms with van der Waals surface area (Å²) in [5, 5.41) is 14.1. The summed E-state index contributed by atoms with van der Waals surface area (Å²) in [6, 6.07) is -0.756. The second kappa shape index (κ2) is 54.3. The number of rotatable bonds is 60. The predicted molar refractivity (Wildman–Crippen MR) is 309 cm³/mol. The number of phosphoric ester groups is 1. The van der Waals surface area contributed by atoms with Crippen molar-refractivity contribution in [2.75, 3.05) is 40.9 Å². The first-order chi connectivity index (χ1) is 34.5. The van der Waals surface area contributed by atoms with Crippen molar-refractivity contribution >= 4 is 13.7 Å². The van der Waals surface area contributed by atoms with Crippen molar-refractivity contribution in [2.24, 2.45) is 0 Å². The van der Waals surface area contributed by atoms with Crippen LogP contribution in [-0.2, 0) is 18.4 Å². The summed E-state index contributed by atoms with van der Waals surface area (Å²) in [5.74, 6) is -0.135.